The van der Waals surface area contributed by atoms with Gasteiger partial charge >= 0.3 is 0 Å². The maximum Gasteiger partial charge on any atom is 0.221 e. The normalized spacial score (nSPS) is 11.8. The Kier molecular flexibility index (Phi) is 4.95. The molecule has 0 spiro atoms. The van der Waals surface area contributed by atoms with E-state index < -0.39 is 0 Å². The molecule has 4 nitrogen and oxygen atoms in total. The number of hydrogen-bond donors (Lipinski definition) is 2. The Morgan fingerprint density at radius 2 is 1.76 bits per heavy atom. The molecule has 0 aliphatic heterocycles. The molecule has 2 aromatic carbocycles. The van der Waals surface area contributed by atoms with E-state index in [1.165, 1.54) is 6.92 Å². The number of ether oxygens (including phenoxy) is 1. The molecule has 110 valence electrons. The van der Waals surface area contributed by atoms with Crippen LogP contribution in [0.5, 0.6) is 11.5 Å². The van der Waals surface area contributed by atoms with Gasteiger partial charge in [0.2, 0.25) is 5.91 Å². The maximum atomic E-state index is 11.3. The Balaban J connectivity index is 2.33. The van der Waals surface area contributed by atoms with Gasteiger partial charge in [-0.1, -0.05) is 37.3 Å². The molecule has 2 aromatic rings. The zero-order chi connectivity index (χ0) is 15.2. The summed E-state index contributed by atoms with van der Waals surface area (Å²) in [5, 5.41) is 2.76. The summed E-state index contributed by atoms with van der Waals surface area (Å²) in [4.78, 5) is 11.3. The lowest BCUT2D eigenvalue weighted by Crippen LogP contribution is -2.10. The fraction of sp³-hybridized carbons (Fsp3) is 0.235. The van der Waals surface area contributed by atoms with Crippen LogP contribution >= 0.6 is 0 Å². The average molecular weight is 284 g/mol. The molecule has 3 N–H and O–H groups in total. The minimum Gasteiger partial charge on any atom is -0.455 e. The van der Waals surface area contributed by atoms with Crippen molar-refractivity contribution in [2.75, 3.05) is 5.32 Å². The molecule has 4 heteroatoms. The third kappa shape index (κ3) is 3.83. The second-order valence-electron chi connectivity index (χ2n) is 4.83. The number of carbonyl (C=O) groups excluding carboxylic acids is 1. The van der Waals surface area contributed by atoms with Crippen LogP contribution in [0.4, 0.5) is 5.69 Å². The number of para-hydroxylation sites is 3. The van der Waals surface area contributed by atoms with Gasteiger partial charge in [0.1, 0.15) is 5.75 Å². The van der Waals surface area contributed by atoms with Crippen molar-refractivity contribution >= 4 is 11.6 Å². The summed E-state index contributed by atoms with van der Waals surface area (Å²) >= 11 is 0. The minimum absolute atomic E-state index is 0.0749. The molecule has 0 bridgehead atoms. The quantitative estimate of drug-likeness (QED) is 0.876. The lowest BCUT2D eigenvalue weighted by molar-refractivity contribution is -0.114. The van der Waals surface area contributed by atoms with Gasteiger partial charge in [0, 0.05) is 18.5 Å². The van der Waals surface area contributed by atoms with Gasteiger partial charge < -0.3 is 15.8 Å². The molecular formula is C17H20N2O2. The summed E-state index contributed by atoms with van der Waals surface area (Å²) < 4.78 is 5.97. The Morgan fingerprint density at radius 1 is 1.14 bits per heavy atom. The summed E-state index contributed by atoms with van der Waals surface area (Å²) in [5.41, 5.74) is 7.72. The van der Waals surface area contributed by atoms with Crippen molar-refractivity contribution in [3.8, 4) is 11.5 Å². The molecule has 0 radical (unpaired) electrons. The second-order valence-corrected chi connectivity index (χ2v) is 4.83. The standard InChI is InChI=1S/C17H20N2O2/c1-3-14(18)13-8-4-6-10-16(13)21-17-11-7-5-9-15(17)19-12(2)20/h4-11,14H,3,18H2,1-2H3,(H,19,20)/t14-/m0/s1. The molecule has 1 amide bonds. The fourth-order valence-electron chi connectivity index (χ4n) is 2.07. The highest BCUT2D eigenvalue weighted by atomic mass is 16.5. The zero-order valence-corrected chi connectivity index (χ0v) is 12.3. The van der Waals surface area contributed by atoms with E-state index in [4.69, 9.17) is 10.5 Å². The van der Waals surface area contributed by atoms with Crippen LogP contribution in [0.1, 0.15) is 31.9 Å². The summed E-state index contributed by atoms with van der Waals surface area (Å²) in [6.45, 7) is 3.50. The van der Waals surface area contributed by atoms with Crippen LogP contribution in [0.2, 0.25) is 0 Å². The van der Waals surface area contributed by atoms with E-state index >= 15 is 0 Å². The number of rotatable bonds is 5. The van der Waals surface area contributed by atoms with E-state index in [0.29, 0.717) is 17.2 Å². The minimum atomic E-state index is -0.135. The van der Waals surface area contributed by atoms with E-state index in [-0.39, 0.29) is 11.9 Å². The lowest BCUT2D eigenvalue weighted by Gasteiger charge is -2.17. The van der Waals surface area contributed by atoms with E-state index in [1.54, 1.807) is 6.07 Å². The van der Waals surface area contributed by atoms with Gasteiger partial charge in [0.15, 0.2) is 5.75 Å². The van der Waals surface area contributed by atoms with Gasteiger partial charge in [0.05, 0.1) is 5.69 Å². The number of anilines is 1. The highest BCUT2D eigenvalue weighted by Crippen LogP contribution is 2.33. The van der Waals surface area contributed by atoms with Crippen molar-refractivity contribution in [1.29, 1.82) is 0 Å². The Hall–Kier alpha value is -2.33. The predicted octanol–water partition coefficient (Wildman–Crippen LogP) is 3.85. The van der Waals surface area contributed by atoms with Crippen molar-refractivity contribution in [2.24, 2.45) is 5.73 Å². The zero-order valence-electron chi connectivity index (χ0n) is 12.3. The fourth-order valence-corrected chi connectivity index (χ4v) is 2.07. The van der Waals surface area contributed by atoms with Crippen molar-refractivity contribution in [3.63, 3.8) is 0 Å². The van der Waals surface area contributed by atoms with E-state index in [2.05, 4.69) is 5.32 Å². The topological polar surface area (TPSA) is 64.3 Å². The average Bonchev–Trinajstić information content (AvgIpc) is 2.48. The van der Waals surface area contributed by atoms with Crippen molar-refractivity contribution in [2.45, 2.75) is 26.3 Å². The number of hydrogen-bond acceptors (Lipinski definition) is 3. The molecule has 0 aromatic heterocycles. The first-order valence-corrected chi connectivity index (χ1v) is 7.00. The van der Waals surface area contributed by atoms with Crippen molar-refractivity contribution < 1.29 is 9.53 Å². The van der Waals surface area contributed by atoms with Crippen LogP contribution in [0.25, 0.3) is 0 Å². The number of carbonyl (C=O) groups is 1. The first-order chi connectivity index (χ1) is 10.1. The van der Waals surface area contributed by atoms with E-state index in [1.807, 2.05) is 49.4 Å². The van der Waals surface area contributed by atoms with Crippen LogP contribution in [0.3, 0.4) is 0 Å². The lowest BCUT2D eigenvalue weighted by atomic mass is 10.0. The predicted molar refractivity (Wildman–Crippen MR) is 84.5 cm³/mol. The van der Waals surface area contributed by atoms with Crippen molar-refractivity contribution in [1.82, 2.24) is 0 Å². The molecule has 0 saturated carbocycles. The number of nitrogens with one attached hydrogen (secondary N) is 1. The Labute approximate surface area is 124 Å². The van der Waals surface area contributed by atoms with Gasteiger partial charge in [-0.3, -0.25) is 4.79 Å². The van der Waals surface area contributed by atoms with Crippen molar-refractivity contribution in [3.05, 3.63) is 54.1 Å². The molecule has 0 aliphatic carbocycles. The largest absolute Gasteiger partial charge is 0.455 e. The Morgan fingerprint density at radius 3 is 2.43 bits per heavy atom. The molecule has 21 heavy (non-hydrogen) atoms. The summed E-state index contributed by atoms with van der Waals surface area (Å²) in [7, 11) is 0. The SMILES string of the molecule is CC[C@H](N)c1ccccc1Oc1ccccc1NC(C)=O. The monoisotopic (exact) mass is 284 g/mol. The molecule has 0 unspecified atom stereocenters. The summed E-state index contributed by atoms with van der Waals surface area (Å²) in [6.07, 6.45) is 0.827. The van der Waals surface area contributed by atoms with Gasteiger partial charge in [-0.25, -0.2) is 0 Å². The summed E-state index contributed by atoms with van der Waals surface area (Å²) in [5.74, 6) is 1.18. The van der Waals surface area contributed by atoms with Crippen LogP contribution in [-0.4, -0.2) is 5.91 Å². The Bertz CT molecular complexity index is 626. The molecular weight excluding hydrogens is 264 g/mol. The van der Waals surface area contributed by atoms with Gasteiger partial charge in [-0.05, 0) is 24.6 Å². The van der Waals surface area contributed by atoms with E-state index in [9.17, 15) is 4.79 Å². The summed E-state index contributed by atoms with van der Waals surface area (Å²) in [6, 6.07) is 15.0. The third-order valence-corrected chi connectivity index (χ3v) is 3.18. The third-order valence-electron chi connectivity index (χ3n) is 3.18. The van der Waals surface area contributed by atoms with Gasteiger partial charge in [-0.15, -0.1) is 0 Å². The van der Waals surface area contributed by atoms with E-state index in [0.717, 1.165) is 12.0 Å². The highest BCUT2D eigenvalue weighted by molar-refractivity contribution is 5.90. The molecule has 0 fully saturated rings. The van der Waals surface area contributed by atoms with Gasteiger partial charge in [-0.2, -0.15) is 0 Å². The maximum absolute atomic E-state index is 11.3. The van der Waals surface area contributed by atoms with Crippen LogP contribution < -0.4 is 15.8 Å². The first-order valence-electron chi connectivity index (χ1n) is 7.00. The smallest absolute Gasteiger partial charge is 0.221 e. The number of amides is 1. The molecule has 0 saturated heterocycles. The molecule has 2 rings (SSSR count). The highest BCUT2D eigenvalue weighted by Gasteiger charge is 2.12. The molecule has 0 aliphatic rings. The van der Waals surface area contributed by atoms with Crippen LogP contribution in [-0.2, 0) is 4.79 Å². The molecule has 1 atom stereocenters. The number of nitrogens with two attached hydrogens (primary N) is 1. The number of benzene rings is 2. The molecule has 0 heterocycles. The first kappa shape index (κ1) is 15.1. The van der Waals surface area contributed by atoms with Crippen LogP contribution in [0.15, 0.2) is 48.5 Å². The van der Waals surface area contributed by atoms with Crippen LogP contribution in [0, 0.1) is 0 Å². The van der Waals surface area contributed by atoms with Gasteiger partial charge in [0.25, 0.3) is 0 Å². The second kappa shape index (κ2) is 6.90.